The molecule has 0 unspecified atom stereocenters. The fourth-order valence-electron chi connectivity index (χ4n) is 0.827. The molecule has 2 heteroatoms. The highest BCUT2D eigenvalue weighted by molar-refractivity contribution is 5.67. The first kappa shape index (κ1) is 6.49. The standard InChI is InChI=1S/C7H13N2/c1-7(2,8)9-5-3-4-6-9/h3-5H,6,8H2,1-2H3/q+1. The highest BCUT2D eigenvalue weighted by Crippen LogP contribution is 2.01. The number of rotatable bonds is 1. The molecule has 0 aromatic rings. The van der Waals surface area contributed by atoms with Crippen molar-refractivity contribution in [2.45, 2.75) is 19.5 Å². The van der Waals surface area contributed by atoms with Gasteiger partial charge in [0.05, 0.1) is 0 Å². The zero-order chi connectivity index (χ0) is 6.91. The van der Waals surface area contributed by atoms with E-state index in [0.29, 0.717) is 0 Å². The molecule has 0 atom stereocenters. The fraction of sp³-hybridized carbons (Fsp3) is 0.571. The van der Waals surface area contributed by atoms with Gasteiger partial charge in [0, 0.05) is 19.9 Å². The summed E-state index contributed by atoms with van der Waals surface area (Å²) < 4.78 is 2.09. The van der Waals surface area contributed by atoms with Gasteiger partial charge in [-0.15, -0.1) is 0 Å². The number of nitrogens with zero attached hydrogens (tertiary/aromatic N) is 1. The molecule has 0 aromatic carbocycles. The zero-order valence-corrected chi connectivity index (χ0v) is 5.96. The van der Waals surface area contributed by atoms with Crippen LogP contribution in [-0.4, -0.2) is 23.0 Å². The van der Waals surface area contributed by atoms with Gasteiger partial charge in [-0.2, -0.15) is 0 Å². The summed E-state index contributed by atoms with van der Waals surface area (Å²) in [6.07, 6.45) is 6.13. The van der Waals surface area contributed by atoms with E-state index in [-0.39, 0.29) is 5.66 Å². The van der Waals surface area contributed by atoms with Crippen molar-refractivity contribution in [1.29, 1.82) is 0 Å². The maximum Gasteiger partial charge on any atom is 0.208 e. The minimum absolute atomic E-state index is 0.205. The molecule has 9 heavy (non-hydrogen) atoms. The van der Waals surface area contributed by atoms with Crippen molar-refractivity contribution in [3.63, 3.8) is 0 Å². The van der Waals surface area contributed by atoms with E-state index in [2.05, 4.69) is 10.7 Å². The Morgan fingerprint density at radius 1 is 1.56 bits per heavy atom. The maximum atomic E-state index is 5.80. The predicted molar refractivity (Wildman–Crippen MR) is 38.6 cm³/mol. The average Bonchev–Trinajstić information content (AvgIpc) is 2.08. The molecule has 0 radical (unpaired) electrons. The molecule has 2 nitrogen and oxygen atoms in total. The third-order valence-electron chi connectivity index (χ3n) is 1.44. The average molecular weight is 125 g/mol. The third kappa shape index (κ3) is 1.39. The van der Waals surface area contributed by atoms with Crippen molar-refractivity contribution in [1.82, 2.24) is 0 Å². The van der Waals surface area contributed by atoms with Crippen LogP contribution in [0.25, 0.3) is 0 Å². The van der Waals surface area contributed by atoms with Crippen LogP contribution < -0.4 is 5.73 Å². The van der Waals surface area contributed by atoms with Crippen LogP contribution in [0.4, 0.5) is 0 Å². The number of hydrogen-bond donors (Lipinski definition) is 1. The first-order valence-electron chi connectivity index (χ1n) is 3.16. The molecule has 1 heterocycles. The third-order valence-corrected chi connectivity index (χ3v) is 1.44. The summed E-state index contributed by atoms with van der Waals surface area (Å²) in [6, 6.07) is 0. The Bertz CT molecular complexity index is 160. The van der Waals surface area contributed by atoms with Crippen LogP contribution in [0.1, 0.15) is 13.8 Å². The van der Waals surface area contributed by atoms with Gasteiger partial charge in [0.25, 0.3) is 0 Å². The van der Waals surface area contributed by atoms with Crippen molar-refractivity contribution in [3.05, 3.63) is 12.2 Å². The zero-order valence-electron chi connectivity index (χ0n) is 5.96. The highest BCUT2D eigenvalue weighted by atomic mass is 15.2. The van der Waals surface area contributed by atoms with Crippen molar-refractivity contribution in [2.75, 3.05) is 6.54 Å². The molecule has 50 valence electrons. The van der Waals surface area contributed by atoms with E-state index >= 15 is 0 Å². The first-order chi connectivity index (χ1) is 4.11. The van der Waals surface area contributed by atoms with Crippen LogP contribution in [0.15, 0.2) is 12.2 Å². The predicted octanol–water partition coefficient (Wildman–Crippen LogP) is 0.334. The second kappa shape index (κ2) is 1.95. The second-order valence-corrected chi connectivity index (χ2v) is 2.88. The summed E-state index contributed by atoms with van der Waals surface area (Å²) in [5, 5.41) is 0. The summed E-state index contributed by atoms with van der Waals surface area (Å²) >= 11 is 0. The molecule has 2 N–H and O–H groups in total. The van der Waals surface area contributed by atoms with Gasteiger partial charge in [0.2, 0.25) is 5.66 Å². The molecule has 0 aromatic heterocycles. The van der Waals surface area contributed by atoms with Crippen LogP contribution in [0.2, 0.25) is 0 Å². The fourth-order valence-corrected chi connectivity index (χ4v) is 0.827. The summed E-state index contributed by atoms with van der Waals surface area (Å²) in [6.45, 7) is 4.94. The van der Waals surface area contributed by atoms with Crippen LogP contribution >= 0.6 is 0 Å². The summed E-state index contributed by atoms with van der Waals surface area (Å²) in [5.74, 6) is 0. The van der Waals surface area contributed by atoms with E-state index in [0.717, 1.165) is 6.54 Å². The molecule has 0 spiro atoms. The molecule has 1 rings (SSSR count). The smallest absolute Gasteiger partial charge is 0.208 e. The van der Waals surface area contributed by atoms with Gasteiger partial charge in [-0.1, -0.05) is 0 Å². The normalized spacial score (nSPS) is 18.3. The quantitative estimate of drug-likeness (QED) is 0.503. The second-order valence-electron chi connectivity index (χ2n) is 2.88. The number of allylic oxidation sites excluding steroid dienone is 1. The van der Waals surface area contributed by atoms with E-state index < -0.39 is 0 Å². The highest BCUT2D eigenvalue weighted by Gasteiger charge is 2.23. The van der Waals surface area contributed by atoms with E-state index in [4.69, 9.17) is 5.73 Å². The molecular weight excluding hydrogens is 112 g/mol. The van der Waals surface area contributed by atoms with E-state index in [9.17, 15) is 0 Å². The van der Waals surface area contributed by atoms with Gasteiger partial charge in [0.15, 0.2) is 12.8 Å². The van der Waals surface area contributed by atoms with Crippen molar-refractivity contribution < 1.29 is 4.58 Å². The molecule has 0 aliphatic carbocycles. The lowest BCUT2D eigenvalue weighted by Gasteiger charge is -2.13. The van der Waals surface area contributed by atoms with Crippen molar-refractivity contribution in [2.24, 2.45) is 5.73 Å². The van der Waals surface area contributed by atoms with Gasteiger partial charge >= 0.3 is 0 Å². The van der Waals surface area contributed by atoms with Gasteiger partial charge in [-0.3, -0.25) is 5.73 Å². The Kier molecular flexibility index (Phi) is 1.41. The van der Waals surface area contributed by atoms with Crippen LogP contribution in [-0.2, 0) is 0 Å². The van der Waals surface area contributed by atoms with Crippen LogP contribution in [0, 0.1) is 0 Å². The van der Waals surface area contributed by atoms with E-state index in [1.807, 2.05) is 26.1 Å². The van der Waals surface area contributed by atoms with Gasteiger partial charge in [0.1, 0.15) is 0 Å². The Morgan fingerprint density at radius 3 is 2.44 bits per heavy atom. The van der Waals surface area contributed by atoms with Crippen LogP contribution in [0.5, 0.6) is 0 Å². The lowest BCUT2D eigenvalue weighted by atomic mass is 10.2. The van der Waals surface area contributed by atoms with E-state index in [1.54, 1.807) is 0 Å². The largest absolute Gasteiger partial charge is 0.271 e. The molecule has 0 fully saturated rings. The molecule has 1 aliphatic rings. The Balaban J connectivity index is 2.66. The Hall–Kier alpha value is -0.630. The SMILES string of the molecule is CC(C)(N)[N+]1=CC=CC1. The topological polar surface area (TPSA) is 29.0 Å². The van der Waals surface area contributed by atoms with E-state index in [1.165, 1.54) is 0 Å². The van der Waals surface area contributed by atoms with Crippen molar-refractivity contribution >= 4 is 6.21 Å². The number of nitrogens with two attached hydrogens (primary N) is 1. The minimum atomic E-state index is -0.205. The first-order valence-corrected chi connectivity index (χ1v) is 3.16. The summed E-state index contributed by atoms with van der Waals surface area (Å²) in [5.41, 5.74) is 5.59. The Labute approximate surface area is 55.7 Å². The molecule has 0 saturated carbocycles. The minimum Gasteiger partial charge on any atom is -0.271 e. The Morgan fingerprint density at radius 2 is 2.22 bits per heavy atom. The lowest BCUT2D eigenvalue weighted by molar-refractivity contribution is -0.584. The molecule has 0 saturated heterocycles. The van der Waals surface area contributed by atoms with Gasteiger partial charge < -0.3 is 0 Å². The molecule has 1 aliphatic heterocycles. The van der Waals surface area contributed by atoms with Crippen molar-refractivity contribution in [3.8, 4) is 0 Å². The summed E-state index contributed by atoms with van der Waals surface area (Å²) in [7, 11) is 0. The molecular formula is C7H13N2+. The maximum absolute atomic E-state index is 5.80. The molecule has 0 bridgehead atoms. The monoisotopic (exact) mass is 125 g/mol. The van der Waals surface area contributed by atoms with Gasteiger partial charge in [-0.25, -0.2) is 4.58 Å². The molecule has 0 amide bonds. The number of hydrogen-bond acceptors (Lipinski definition) is 1. The summed E-state index contributed by atoms with van der Waals surface area (Å²) in [4.78, 5) is 0. The van der Waals surface area contributed by atoms with Gasteiger partial charge in [-0.05, 0) is 6.08 Å². The van der Waals surface area contributed by atoms with Crippen LogP contribution in [0.3, 0.4) is 0 Å². The lowest BCUT2D eigenvalue weighted by Crippen LogP contribution is -2.44.